The predicted octanol–water partition coefficient (Wildman–Crippen LogP) is 9.90. The Morgan fingerprint density at radius 2 is 1.16 bits per heavy atom. The molecular formula is C37H29N. The Morgan fingerprint density at radius 3 is 1.95 bits per heavy atom. The first-order chi connectivity index (χ1) is 18.7. The summed E-state index contributed by atoms with van der Waals surface area (Å²) in [5.74, 6) is 0. The van der Waals surface area contributed by atoms with Crippen molar-refractivity contribution in [1.29, 1.82) is 0 Å². The zero-order valence-corrected chi connectivity index (χ0v) is 21.6. The van der Waals surface area contributed by atoms with E-state index in [0.717, 1.165) is 12.8 Å². The molecule has 7 rings (SSSR count). The molecule has 0 spiro atoms. The summed E-state index contributed by atoms with van der Waals surface area (Å²) in [6, 6.07) is 44.3. The van der Waals surface area contributed by atoms with Gasteiger partial charge in [0.25, 0.3) is 0 Å². The van der Waals surface area contributed by atoms with Crippen molar-refractivity contribution in [2.75, 3.05) is 0 Å². The number of aryl methyl sites for hydroxylation is 2. The van der Waals surface area contributed by atoms with Gasteiger partial charge in [0.2, 0.25) is 0 Å². The lowest BCUT2D eigenvalue weighted by atomic mass is 9.96. The minimum atomic E-state index is 1.07. The topological polar surface area (TPSA) is 4.93 Å². The molecule has 5 aromatic carbocycles. The fourth-order valence-corrected chi connectivity index (χ4v) is 5.75. The van der Waals surface area contributed by atoms with Gasteiger partial charge in [-0.1, -0.05) is 103 Å². The highest BCUT2D eigenvalue weighted by Crippen LogP contribution is 2.37. The zero-order valence-electron chi connectivity index (χ0n) is 21.6. The van der Waals surface area contributed by atoms with Gasteiger partial charge in [0, 0.05) is 16.8 Å². The van der Waals surface area contributed by atoms with Crippen molar-refractivity contribution in [3.63, 3.8) is 0 Å². The molecule has 182 valence electrons. The van der Waals surface area contributed by atoms with Gasteiger partial charge in [0.15, 0.2) is 0 Å². The molecule has 6 aromatic rings. The van der Waals surface area contributed by atoms with Crippen LogP contribution in [0.1, 0.15) is 23.2 Å². The maximum absolute atomic E-state index is 2.43. The van der Waals surface area contributed by atoms with Gasteiger partial charge in [-0.15, -0.1) is 0 Å². The average molecular weight is 488 g/mol. The predicted molar refractivity (Wildman–Crippen MR) is 162 cm³/mol. The first kappa shape index (κ1) is 22.6. The standard InChI is InChI=1S/C37H29N/c1-26-14-16-29(17-15-26)30-10-7-11-31(24-30)32-20-23-37-35(25-32)34-12-5-6-13-36(34)38(37)33-21-18-28(19-22-33)27-8-3-2-4-9-27/h2-4,6-11,13-25H,5,12H2,1H3. The van der Waals surface area contributed by atoms with Crippen molar-refractivity contribution < 1.29 is 0 Å². The summed E-state index contributed by atoms with van der Waals surface area (Å²) >= 11 is 0. The Morgan fingerprint density at radius 1 is 0.553 bits per heavy atom. The van der Waals surface area contributed by atoms with Crippen LogP contribution < -0.4 is 0 Å². The molecule has 0 aliphatic heterocycles. The van der Waals surface area contributed by atoms with Crippen molar-refractivity contribution in [2.45, 2.75) is 19.8 Å². The second kappa shape index (κ2) is 9.36. The molecular weight excluding hydrogens is 458 g/mol. The molecule has 0 unspecified atom stereocenters. The van der Waals surface area contributed by atoms with Crippen molar-refractivity contribution in [2.24, 2.45) is 0 Å². The van der Waals surface area contributed by atoms with E-state index in [-0.39, 0.29) is 0 Å². The summed E-state index contributed by atoms with van der Waals surface area (Å²) in [4.78, 5) is 0. The van der Waals surface area contributed by atoms with Crippen LogP contribution in [0.5, 0.6) is 0 Å². The number of hydrogen-bond donors (Lipinski definition) is 0. The van der Waals surface area contributed by atoms with Crippen LogP contribution in [0.2, 0.25) is 0 Å². The van der Waals surface area contributed by atoms with E-state index >= 15 is 0 Å². The molecule has 0 bridgehead atoms. The van der Waals surface area contributed by atoms with E-state index in [9.17, 15) is 0 Å². The smallest absolute Gasteiger partial charge is 0.0538 e. The summed E-state index contributed by atoms with van der Waals surface area (Å²) in [5, 5.41) is 1.36. The molecule has 1 aliphatic rings. The van der Waals surface area contributed by atoms with E-state index in [2.05, 4.69) is 145 Å². The number of aromatic nitrogens is 1. The normalized spacial score (nSPS) is 12.6. The number of nitrogens with zero attached hydrogens (tertiary/aromatic N) is 1. The molecule has 1 aliphatic carbocycles. The third-order valence-electron chi connectivity index (χ3n) is 7.76. The molecule has 1 nitrogen and oxygen atoms in total. The minimum absolute atomic E-state index is 1.07. The molecule has 0 saturated carbocycles. The van der Waals surface area contributed by atoms with Gasteiger partial charge < -0.3 is 4.57 Å². The van der Waals surface area contributed by atoms with Gasteiger partial charge >= 0.3 is 0 Å². The van der Waals surface area contributed by atoms with E-state index in [1.807, 2.05) is 0 Å². The van der Waals surface area contributed by atoms with Crippen LogP contribution in [0.25, 0.3) is 56.0 Å². The molecule has 0 fully saturated rings. The van der Waals surface area contributed by atoms with Crippen LogP contribution in [-0.2, 0) is 6.42 Å². The molecule has 0 radical (unpaired) electrons. The average Bonchev–Trinajstić information content (AvgIpc) is 3.32. The third kappa shape index (κ3) is 3.97. The number of benzene rings is 5. The van der Waals surface area contributed by atoms with Gasteiger partial charge in [-0.05, 0) is 95.1 Å². The van der Waals surface area contributed by atoms with Crippen LogP contribution in [0.15, 0.2) is 127 Å². The fraction of sp³-hybridized carbons (Fsp3) is 0.0811. The summed E-state index contributed by atoms with van der Waals surface area (Å²) in [5.41, 5.74) is 14.0. The summed E-state index contributed by atoms with van der Waals surface area (Å²) < 4.78 is 2.43. The molecule has 1 aromatic heterocycles. The summed E-state index contributed by atoms with van der Waals surface area (Å²) in [6.45, 7) is 2.13. The highest BCUT2D eigenvalue weighted by Gasteiger charge is 2.19. The summed E-state index contributed by atoms with van der Waals surface area (Å²) in [7, 11) is 0. The Kier molecular flexibility index (Phi) is 5.56. The van der Waals surface area contributed by atoms with Crippen LogP contribution in [-0.4, -0.2) is 4.57 Å². The van der Waals surface area contributed by atoms with Crippen LogP contribution >= 0.6 is 0 Å². The lowest BCUT2D eigenvalue weighted by Gasteiger charge is -2.13. The van der Waals surface area contributed by atoms with Crippen LogP contribution in [0, 0.1) is 6.92 Å². The largest absolute Gasteiger partial charge is 0.310 e. The zero-order chi connectivity index (χ0) is 25.5. The van der Waals surface area contributed by atoms with E-state index < -0.39 is 0 Å². The monoisotopic (exact) mass is 487 g/mol. The van der Waals surface area contributed by atoms with Gasteiger partial charge in [-0.25, -0.2) is 0 Å². The first-order valence-corrected chi connectivity index (χ1v) is 13.4. The quantitative estimate of drug-likeness (QED) is 0.233. The number of rotatable bonds is 4. The van der Waals surface area contributed by atoms with Crippen LogP contribution in [0.4, 0.5) is 0 Å². The number of hydrogen-bond acceptors (Lipinski definition) is 0. The highest BCUT2D eigenvalue weighted by atomic mass is 15.0. The molecule has 0 N–H and O–H groups in total. The van der Waals surface area contributed by atoms with Crippen molar-refractivity contribution in [3.8, 4) is 39.1 Å². The van der Waals surface area contributed by atoms with Gasteiger partial charge in [-0.2, -0.15) is 0 Å². The third-order valence-corrected chi connectivity index (χ3v) is 7.76. The van der Waals surface area contributed by atoms with Crippen molar-refractivity contribution in [1.82, 2.24) is 4.57 Å². The summed E-state index contributed by atoms with van der Waals surface area (Å²) in [6.07, 6.45) is 6.78. The van der Waals surface area contributed by atoms with E-state index in [0.29, 0.717) is 0 Å². The second-order valence-corrected chi connectivity index (χ2v) is 10.2. The Bertz CT molecular complexity index is 1780. The van der Waals surface area contributed by atoms with Gasteiger partial charge in [0.1, 0.15) is 0 Å². The van der Waals surface area contributed by atoms with Crippen molar-refractivity contribution >= 4 is 17.0 Å². The Balaban J connectivity index is 1.32. The Hall–Kier alpha value is -4.62. The van der Waals surface area contributed by atoms with E-state index in [1.165, 1.54) is 66.8 Å². The SMILES string of the molecule is Cc1ccc(-c2cccc(-c3ccc4c(c3)c3c(n4-c4ccc(-c5ccccc5)cc4)C=CCC3)c2)cc1. The van der Waals surface area contributed by atoms with Gasteiger partial charge in [0.05, 0.1) is 5.52 Å². The molecule has 38 heavy (non-hydrogen) atoms. The maximum atomic E-state index is 2.43. The van der Waals surface area contributed by atoms with E-state index in [4.69, 9.17) is 0 Å². The maximum Gasteiger partial charge on any atom is 0.0538 e. The van der Waals surface area contributed by atoms with Gasteiger partial charge in [-0.3, -0.25) is 0 Å². The number of fused-ring (bicyclic) bond motifs is 3. The molecule has 0 amide bonds. The van der Waals surface area contributed by atoms with Crippen molar-refractivity contribution in [3.05, 3.63) is 144 Å². The lowest BCUT2D eigenvalue weighted by molar-refractivity contribution is 0.967. The lowest BCUT2D eigenvalue weighted by Crippen LogP contribution is -2.00. The number of allylic oxidation sites excluding steroid dienone is 1. The molecule has 0 saturated heterocycles. The molecule has 0 atom stereocenters. The molecule has 1 heterocycles. The highest BCUT2D eigenvalue weighted by molar-refractivity contribution is 5.94. The Labute approximate surface area is 224 Å². The molecule has 1 heteroatoms. The van der Waals surface area contributed by atoms with Crippen LogP contribution in [0.3, 0.4) is 0 Å². The van der Waals surface area contributed by atoms with E-state index in [1.54, 1.807) is 0 Å². The second-order valence-electron chi connectivity index (χ2n) is 10.2. The minimum Gasteiger partial charge on any atom is -0.310 e. The fourth-order valence-electron chi connectivity index (χ4n) is 5.75. The first-order valence-electron chi connectivity index (χ1n) is 13.4.